The summed E-state index contributed by atoms with van der Waals surface area (Å²) in [7, 11) is 0. The first-order valence-electron chi connectivity index (χ1n) is 9.90. The SMILES string of the molecule is CCOc1cc(/C=C2\C(=O)N(c3ccc(Cl)c(C(=O)OC(C)C)c3)N=C2C)cc(I)c1O. The van der Waals surface area contributed by atoms with Crippen LogP contribution in [0, 0.1) is 3.57 Å². The van der Waals surface area contributed by atoms with Gasteiger partial charge in [-0.2, -0.15) is 10.1 Å². The lowest BCUT2D eigenvalue weighted by atomic mass is 10.1. The molecule has 0 saturated heterocycles. The molecule has 0 aliphatic carbocycles. The number of hydrogen-bond donors (Lipinski definition) is 1. The topological polar surface area (TPSA) is 88.4 Å². The number of carbonyl (C=O) groups excluding carboxylic acids is 2. The third-order valence-corrected chi connectivity index (χ3v) is 5.63. The smallest absolute Gasteiger partial charge is 0.339 e. The molecule has 168 valence electrons. The van der Waals surface area contributed by atoms with Crippen molar-refractivity contribution in [1.82, 2.24) is 0 Å². The van der Waals surface area contributed by atoms with E-state index in [2.05, 4.69) is 5.10 Å². The summed E-state index contributed by atoms with van der Waals surface area (Å²) >= 11 is 8.17. The second-order valence-electron chi connectivity index (χ2n) is 7.26. The van der Waals surface area contributed by atoms with Crippen molar-refractivity contribution in [2.24, 2.45) is 5.10 Å². The lowest BCUT2D eigenvalue weighted by Crippen LogP contribution is -2.22. The molecule has 1 heterocycles. The van der Waals surface area contributed by atoms with Gasteiger partial charge in [0.2, 0.25) is 0 Å². The van der Waals surface area contributed by atoms with E-state index in [0.717, 1.165) is 0 Å². The average Bonchev–Trinajstić information content (AvgIpc) is 3.00. The first-order chi connectivity index (χ1) is 15.1. The van der Waals surface area contributed by atoms with E-state index in [1.165, 1.54) is 17.1 Å². The Morgan fingerprint density at radius 3 is 2.69 bits per heavy atom. The Kier molecular flexibility index (Phi) is 7.45. The van der Waals surface area contributed by atoms with E-state index in [1.807, 2.05) is 29.5 Å². The summed E-state index contributed by atoms with van der Waals surface area (Å²) in [5, 5.41) is 16.0. The summed E-state index contributed by atoms with van der Waals surface area (Å²) in [6.45, 7) is 7.43. The maximum Gasteiger partial charge on any atom is 0.339 e. The number of carbonyl (C=O) groups is 2. The molecule has 1 aliphatic rings. The molecule has 3 rings (SSSR count). The summed E-state index contributed by atoms with van der Waals surface area (Å²) < 4.78 is 11.3. The molecule has 0 saturated carbocycles. The minimum absolute atomic E-state index is 0.0568. The van der Waals surface area contributed by atoms with Crippen LogP contribution in [-0.4, -0.2) is 35.4 Å². The van der Waals surface area contributed by atoms with E-state index in [0.29, 0.717) is 38.5 Å². The van der Waals surface area contributed by atoms with Gasteiger partial charge in [-0.1, -0.05) is 11.6 Å². The van der Waals surface area contributed by atoms with E-state index < -0.39 is 5.97 Å². The van der Waals surface area contributed by atoms with Crippen molar-refractivity contribution in [3.05, 3.63) is 55.6 Å². The van der Waals surface area contributed by atoms with Crippen molar-refractivity contribution >= 4 is 63.5 Å². The predicted octanol–water partition coefficient (Wildman–Crippen LogP) is 5.42. The van der Waals surface area contributed by atoms with Crippen molar-refractivity contribution in [3.63, 3.8) is 0 Å². The highest BCUT2D eigenvalue weighted by molar-refractivity contribution is 14.1. The zero-order valence-corrected chi connectivity index (χ0v) is 20.9. The molecule has 1 amide bonds. The molecule has 32 heavy (non-hydrogen) atoms. The molecule has 0 bridgehead atoms. The zero-order chi connectivity index (χ0) is 23.6. The number of anilines is 1. The predicted molar refractivity (Wildman–Crippen MR) is 133 cm³/mol. The lowest BCUT2D eigenvalue weighted by Gasteiger charge is -2.15. The molecule has 0 spiro atoms. The third kappa shape index (κ3) is 5.07. The Balaban J connectivity index is 1.95. The van der Waals surface area contributed by atoms with Crippen LogP contribution in [-0.2, 0) is 9.53 Å². The van der Waals surface area contributed by atoms with Crippen LogP contribution < -0.4 is 9.75 Å². The second kappa shape index (κ2) is 9.91. The Morgan fingerprint density at radius 1 is 1.31 bits per heavy atom. The summed E-state index contributed by atoms with van der Waals surface area (Å²) in [5.74, 6) is -0.526. The van der Waals surface area contributed by atoms with E-state index in [1.54, 1.807) is 45.0 Å². The van der Waals surface area contributed by atoms with Crippen LogP contribution in [0.5, 0.6) is 11.5 Å². The molecule has 0 fully saturated rings. The first-order valence-corrected chi connectivity index (χ1v) is 11.4. The number of nitrogens with zero attached hydrogens (tertiary/aromatic N) is 2. The molecule has 2 aromatic rings. The van der Waals surface area contributed by atoms with Crippen LogP contribution >= 0.6 is 34.2 Å². The fourth-order valence-corrected chi connectivity index (χ4v) is 3.87. The Bertz CT molecular complexity index is 1140. The number of amides is 1. The van der Waals surface area contributed by atoms with Gasteiger partial charge in [-0.15, -0.1) is 0 Å². The number of rotatable bonds is 6. The van der Waals surface area contributed by atoms with E-state index in [4.69, 9.17) is 21.1 Å². The quantitative estimate of drug-likeness (QED) is 0.286. The van der Waals surface area contributed by atoms with Crippen LogP contribution in [0.1, 0.15) is 43.6 Å². The van der Waals surface area contributed by atoms with Crippen LogP contribution in [0.2, 0.25) is 5.02 Å². The maximum absolute atomic E-state index is 13.1. The number of phenols is 1. The molecule has 1 N–H and O–H groups in total. The Labute approximate surface area is 204 Å². The molecule has 0 radical (unpaired) electrons. The highest BCUT2D eigenvalue weighted by Crippen LogP contribution is 2.34. The molecule has 2 aromatic carbocycles. The van der Waals surface area contributed by atoms with Crippen molar-refractivity contribution in [2.75, 3.05) is 11.6 Å². The van der Waals surface area contributed by atoms with Gasteiger partial charge >= 0.3 is 5.97 Å². The number of benzene rings is 2. The highest BCUT2D eigenvalue weighted by atomic mass is 127. The minimum Gasteiger partial charge on any atom is -0.504 e. The van der Waals surface area contributed by atoms with Crippen LogP contribution in [0.4, 0.5) is 5.69 Å². The van der Waals surface area contributed by atoms with E-state index >= 15 is 0 Å². The fourth-order valence-electron chi connectivity index (χ4n) is 3.05. The maximum atomic E-state index is 13.1. The molecule has 7 nitrogen and oxygen atoms in total. The third-order valence-electron chi connectivity index (χ3n) is 4.48. The van der Waals surface area contributed by atoms with Gasteiger partial charge in [0.15, 0.2) is 11.5 Å². The largest absolute Gasteiger partial charge is 0.504 e. The molecular weight excluding hydrogens is 547 g/mol. The minimum atomic E-state index is -0.572. The zero-order valence-electron chi connectivity index (χ0n) is 18.0. The number of hydrazone groups is 1. The van der Waals surface area contributed by atoms with Gasteiger partial charge in [-0.25, -0.2) is 4.79 Å². The summed E-state index contributed by atoms with van der Waals surface area (Å²) in [4.78, 5) is 25.5. The highest BCUT2D eigenvalue weighted by Gasteiger charge is 2.30. The van der Waals surface area contributed by atoms with Gasteiger partial charge in [0.1, 0.15) is 0 Å². The lowest BCUT2D eigenvalue weighted by molar-refractivity contribution is -0.114. The van der Waals surface area contributed by atoms with Crippen molar-refractivity contribution in [3.8, 4) is 11.5 Å². The number of aromatic hydroxyl groups is 1. The molecule has 9 heteroatoms. The van der Waals surface area contributed by atoms with E-state index in [9.17, 15) is 14.7 Å². The van der Waals surface area contributed by atoms with Crippen molar-refractivity contribution in [1.29, 1.82) is 0 Å². The van der Waals surface area contributed by atoms with Crippen molar-refractivity contribution < 1.29 is 24.2 Å². The standard InChI is InChI=1S/C23H22ClIN2O5/c1-5-31-20-10-14(9-19(25)21(20)28)8-16-13(4)26-27(22(16)29)15-6-7-18(24)17(11-15)23(30)32-12(2)3/h6-12,28H,5H2,1-4H3/b16-8-. The summed E-state index contributed by atoms with van der Waals surface area (Å²) in [6.07, 6.45) is 1.38. The molecular formula is C23H22ClIN2O5. The van der Waals surface area contributed by atoms with Gasteiger partial charge in [-0.3, -0.25) is 4.79 Å². The summed E-state index contributed by atoms with van der Waals surface area (Å²) in [6, 6.07) is 8.05. The normalized spacial score (nSPS) is 14.8. The van der Waals surface area contributed by atoms with Gasteiger partial charge in [0, 0.05) is 0 Å². The van der Waals surface area contributed by atoms with Gasteiger partial charge in [0.25, 0.3) is 5.91 Å². The molecule has 1 aliphatic heterocycles. The van der Waals surface area contributed by atoms with Crippen LogP contribution in [0.3, 0.4) is 0 Å². The number of halogens is 2. The molecule has 0 aromatic heterocycles. The number of ether oxygens (including phenoxy) is 2. The van der Waals surface area contributed by atoms with Crippen LogP contribution in [0.15, 0.2) is 41.0 Å². The van der Waals surface area contributed by atoms with E-state index in [-0.39, 0.29) is 28.3 Å². The fraction of sp³-hybridized carbons (Fsp3) is 0.261. The van der Waals surface area contributed by atoms with Crippen molar-refractivity contribution in [2.45, 2.75) is 33.8 Å². The molecule has 0 atom stereocenters. The Morgan fingerprint density at radius 2 is 2.03 bits per heavy atom. The summed E-state index contributed by atoms with van der Waals surface area (Å²) in [5.41, 5.74) is 2.14. The monoisotopic (exact) mass is 568 g/mol. The number of esters is 1. The second-order valence-corrected chi connectivity index (χ2v) is 8.83. The van der Waals surface area contributed by atoms with Gasteiger partial charge in [-0.05, 0) is 92.3 Å². The number of hydrogen-bond acceptors (Lipinski definition) is 6. The van der Waals surface area contributed by atoms with Gasteiger partial charge < -0.3 is 14.6 Å². The Hall–Kier alpha value is -2.59. The molecule has 0 unspecified atom stereocenters. The first kappa shape index (κ1) is 24.1. The van der Waals surface area contributed by atoms with Crippen LogP contribution in [0.25, 0.3) is 6.08 Å². The van der Waals surface area contributed by atoms with Gasteiger partial charge in [0.05, 0.1) is 43.8 Å². The number of phenolic OH excluding ortho intramolecular Hbond substituents is 1. The average molecular weight is 569 g/mol.